The molecule has 1 aromatic carbocycles. The molecule has 2 aliphatic rings. The summed E-state index contributed by atoms with van der Waals surface area (Å²) >= 11 is 0. The normalized spacial score (nSPS) is 28.1. The van der Waals surface area contributed by atoms with Crippen LogP contribution in [0.1, 0.15) is 30.9 Å². The number of nitrogens with two attached hydrogens (primary N) is 1. The van der Waals surface area contributed by atoms with Crippen molar-refractivity contribution in [2.75, 3.05) is 7.11 Å². The van der Waals surface area contributed by atoms with Crippen molar-refractivity contribution in [3.8, 4) is 11.5 Å². The number of ether oxygens (including phenoxy) is 2. The van der Waals surface area contributed by atoms with Crippen LogP contribution in [-0.2, 0) is 0 Å². The zero-order chi connectivity index (χ0) is 11.1. The van der Waals surface area contributed by atoms with Crippen molar-refractivity contribution < 1.29 is 9.47 Å². The summed E-state index contributed by atoms with van der Waals surface area (Å²) in [5, 5.41) is 0. The number of hydrogen-bond acceptors (Lipinski definition) is 3. The van der Waals surface area contributed by atoms with Crippen molar-refractivity contribution in [1.82, 2.24) is 0 Å². The van der Waals surface area contributed by atoms with Crippen molar-refractivity contribution in [2.24, 2.45) is 11.7 Å². The van der Waals surface area contributed by atoms with Gasteiger partial charge in [0, 0.05) is 18.0 Å². The summed E-state index contributed by atoms with van der Waals surface area (Å²) < 4.78 is 11.2. The van der Waals surface area contributed by atoms with Crippen LogP contribution >= 0.6 is 0 Å². The maximum Gasteiger partial charge on any atom is 0.124 e. The molecule has 1 aliphatic carbocycles. The maximum atomic E-state index is 6.19. The molecular formula is C13H17NO2. The summed E-state index contributed by atoms with van der Waals surface area (Å²) in [5.74, 6) is 2.53. The van der Waals surface area contributed by atoms with Gasteiger partial charge in [-0.2, -0.15) is 0 Å². The second kappa shape index (κ2) is 3.67. The molecule has 2 unspecified atom stereocenters. The van der Waals surface area contributed by atoms with E-state index in [4.69, 9.17) is 15.2 Å². The second-order valence-corrected chi connectivity index (χ2v) is 4.74. The van der Waals surface area contributed by atoms with E-state index in [2.05, 4.69) is 0 Å². The molecule has 3 rings (SSSR count). The number of methoxy groups -OCH3 is 1. The van der Waals surface area contributed by atoms with Crippen molar-refractivity contribution >= 4 is 0 Å². The molecule has 2 atom stereocenters. The third kappa shape index (κ3) is 1.65. The first-order valence-corrected chi connectivity index (χ1v) is 5.88. The Bertz CT molecular complexity index is 401. The van der Waals surface area contributed by atoms with Gasteiger partial charge in [-0.15, -0.1) is 0 Å². The molecule has 0 saturated heterocycles. The topological polar surface area (TPSA) is 44.5 Å². The summed E-state index contributed by atoms with van der Waals surface area (Å²) in [4.78, 5) is 0. The number of rotatable bonds is 2. The molecule has 16 heavy (non-hydrogen) atoms. The molecule has 0 spiro atoms. The molecule has 0 aromatic heterocycles. The zero-order valence-corrected chi connectivity index (χ0v) is 9.48. The molecule has 0 amide bonds. The Hall–Kier alpha value is -1.22. The van der Waals surface area contributed by atoms with Crippen LogP contribution in [0.25, 0.3) is 0 Å². The zero-order valence-electron chi connectivity index (χ0n) is 9.48. The lowest BCUT2D eigenvalue weighted by atomic mass is 9.95. The third-order valence-electron chi connectivity index (χ3n) is 3.53. The Balaban J connectivity index is 1.90. The molecule has 86 valence electrons. The van der Waals surface area contributed by atoms with Crippen LogP contribution in [-0.4, -0.2) is 13.2 Å². The molecule has 0 bridgehead atoms. The second-order valence-electron chi connectivity index (χ2n) is 4.74. The van der Waals surface area contributed by atoms with E-state index in [0.717, 1.165) is 29.4 Å². The fourth-order valence-corrected chi connectivity index (χ4v) is 2.40. The first-order chi connectivity index (χ1) is 7.78. The van der Waals surface area contributed by atoms with E-state index < -0.39 is 0 Å². The lowest BCUT2D eigenvalue weighted by Crippen LogP contribution is -2.30. The Morgan fingerprint density at radius 3 is 2.88 bits per heavy atom. The van der Waals surface area contributed by atoms with Crippen LogP contribution in [0, 0.1) is 5.92 Å². The summed E-state index contributed by atoms with van der Waals surface area (Å²) in [6.07, 6.45) is 3.85. The molecule has 3 heteroatoms. The van der Waals surface area contributed by atoms with Crippen LogP contribution in [0.3, 0.4) is 0 Å². The quantitative estimate of drug-likeness (QED) is 0.829. The Kier molecular flexibility index (Phi) is 2.28. The van der Waals surface area contributed by atoms with Gasteiger partial charge in [-0.3, -0.25) is 0 Å². The first-order valence-electron chi connectivity index (χ1n) is 5.88. The van der Waals surface area contributed by atoms with Crippen molar-refractivity contribution in [3.05, 3.63) is 23.8 Å². The average Bonchev–Trinajstić information content (AvgIpc) is 3.12. The minimum atomic E-state index is 0.0875. The Morgan fingerprint density at radius 1 is 1.38 bits per heavy atom. The fraction of sp³-hybridized carbons (Fsp3) is 0.538. The minimum Gasteiger partial charge on any atom is -0.497 e. The largest absolute Gasteiger partial charge is 0.497 e. The van der Waals surface area contributed by atoms with Gasteiger partial charge in [0.15, 0.2) is 0 Å². The highest BCUT2D eigenvalue weighted by Gasteiger charge is 2.37. The van der Waals surface area contributed by atoms with E-state index in [-0.39, 0.29) is 6.04 Å². The van der Waals surface area contributed by atoms with Gasteiger partial charge >= 0.3 is 0 Å². The predicted octanol–water partition coefficient (Wildman–Crippen LogP) is 2.26. The Labute approximate surface area is 95.5 Å². The van der Waals surface area contributed by atoms with E-state index in [1.807, 2.05) is 18.2 Å². The van der Waals surface area contributed by atoms with E-state index in [0.29, 0.717) is 6.10 Å². The van der Waals surface area contributed by atoms with Gasteiger partial charge in [0.05, 0.1) is 7.11 Å². The summed E-state index contributed by atoms with van der Waals surface area (Å²) in [7, 11) is 1.67. The molecule has 1 aliphatic heterocycles. The van der Waals surface area contributed by atoms with Crippen molar-refractivity contribution in [2.45, 2.75) is 31.4 Å². The molecule has 2 N–H and O–H groups in total. The highest BCUT2D eigenvalue weighted by atomic mass is 16.5. The number of benzene rings is 1. The third-order valence-corrected chi connectivity index (χ3v) is 3.53. The molecular weight excluding hydrogens is 202 g/mol. The van der Waals surface area contributed by atoms with Gasteiger partial charge in [0.25, 0.3) is 0 Å². The van der Waals surface area contributed by atoms with Gasteiger partial charge in [0.2, 0.25) is 0 Å². The highest BCUT2D eigenvalue weighted by molar-refractivity contribution is 5.43. The average molecular weight is 219 g/mol. The van der Waals surface area contributed by atoms with Gasteiger partial charge in [-0.25, -0.2) is 0 Å². The lowest BCUT2D eigenvalue weighted by molar-refractivity contribution is 0.138. The summed E-state index contributed by atoms with van der Waals surface area (Å²) in [5.41, 5.74) is 7.27. The predicted molar refractivity (Wildman–Crippen MR) is 61.7 cm³/mol. The summed E-state index contributed by atoms with van der Waals surface area (Å²) in [6.45, 7) is 0. The SMILES string of the molecule is COc1ccc2c(c1)C(N)CC(C1CC1)O2. The smallest absolute Gasteiger partial charge is 0.124 e. The molecule has 1 aromatic rings. The van der Waals surface area contributed by atoms with E-state index in [9.17, 15) is 0 Å². The van der Waals surface area contributed by atoms with Gasteiger partial charge in [0.1, 0.15) is 17.6 Å². The van der Waals surface area contributed by atoms with Crippen LogP contribution in [0.5, 0.6) is 11.5 Å². The highest BCUT2D eigenvalue weighted by Crippen LogP contribution is 2.43. The van der Waals surface area contributed by atoms with Gasteiger partial charge in [-0.05, 0) is 37.0 Å². The van der Waals surface area contributed by atoms with Crippen molar-refractivity contribution in [1.29, 1.82) is 0 Å². The van der Waals surface area contributed by atoms with E-state index >= 15 is 0 Å². The van der Waals surface area contributed by atoms with Gasteiger partial charge < -0.3 is 15.2 Å². The van der Waals surface area contributed by atoms with E-state index in [1.165, 1.54) is 12.8 Å². The molecule has 1 fully saturated rings. The van der Waals surface area contributed by atoms with Crippen molar-refractivity contribution in [3.63, 3.8) is 0 Å². The van der Waals surface area contributed by atoms with Crippen LogP contribution in [0.2, 0.25) is 0 Å². The van der Waals surface area contributed by atoms with Gasteiger partial charge in [-0.1, -0.05) is 0 Å². The maximum absolute atomic E-state index is 6.19. The monoisotopic (exact) mass is 219 g/mol. The fourth-order valence-electron chi connectivity index (χ4n) is 2.40. The van der Waals surface area contributed by atoms with Crippen LogP contribution in [0.4, 0.5) is 0 Å². The van der Waals surface area contributed by atoms with Crippen LogP contribution < -0.4 is 15.2 Å². The number of fused-ring (bicyclic) bond motifs is 1. The lowest BCUT2D eigenvalue weighted by Gasteiger charge is -2.30. The Morgan fingerprint density at radius 2 is 2.19 bits per heavy atom. The standard InChI is InChI=1S/C13H17NO2/c1-15-9-4-5-12-10(6-9)11(14)7-13(16-12)8-2-3-8/h4-6,8,11,13H,2-3,7,14H2,1H3. The molecule has 1 saturated carbocycles. The first kappa shape index (κ1) is 9.97. The minimum absolute atomic E-state index is 0.0875. The summed E-state index contributed by atoms with van der Waals surface area (Å²) in [6, 6.07) is 5.98. The molecule has 0 radical (unpaired) electrons. The van der Waals surface area contributed by atoms with E-state index in [1.54, 1.807) is 7.11 Å². The van der Waals surface area contributed by atoms with Crippen LogP contribution in [0.15, 0.2) is 18.2 Å². The number of hydrogen-bond donors (Lipinski definition) is 1. The molecule has 1 heterocycles. The molecule has 3 nitrogen and oxygen atoms in total.